The molecular weight excluding hydrogens is 556 g/mol. The largest absolute Gasteiger partial charge is 0.296 e. The molecule has 0 aliphatic carbocycles. The van der Waals surface area contributed by atoms with Crippen molar-refractivity contribution in [3.05, 3.63) is 156 Å². The first kappa shape index (κ1) is 26.9. The molecule has 0 radical (unpaired) electrons. The van der Waals surface area contributed by atoms with Gasteiger partial charge in [-0.05, 0) is 84.3 Å². The summed E-state index contributed by atoms with van der Waals surface area (Å²) in [5.41, 5.74) is 13.6. The third-order valence-corrected chi connectivity index (χ3v) is 10.1. The molecule has 1 aliphatic rings. The van der Waals surface area contributed by atoms with Crippen molar-refractivity contribution < 1.29 is 0 Å². The third-order valence-electron chi connectivity index (χ3n) is 10.1. The summed E-state index contributed by atoms with van der Waals surface area (Å²) >= 11 is 0. The molecule has 0 saturated heterocycles. The monoisotopic (exact) mass is 590 g/mol. The average molecular weight is 591 g/mol. The van der Waals surface area contributed by atoms with Crippen molar-refractivity contribution in [1.29, 1.82) is 0 Å². The van der Waals surface area contributed by atoms with E-state index in [1.807, 2.05) is 0 Å². The summed E-state index contributed by atoms with van der Waals surface area (Å²) in [6.45, 7) is 6.96. The number of rotatable bonds is 4. The van der Waals surface area contributed by atoms with Crippen molar-refractivity contribution in [1.82, 2.24) is 9.55 Å². The van der Waals surface area contributed by atoms with Crippen LogP contribution >= 0.6 is 0 Å². The Bertz CT molecular complexity index is 2470. The number of hydrogen-bond donors (Lipinski definition) is 0. The van der Waals surface area contributed by atoms with E-state index in [1.165, 1.54) is 77.3 Å². The van der Waals surface area contributed by atoms with E-state index < -0.39 is 0 Å². The third kappa shape index (κ3) is 3.74. The molecule has 0 atom stereocenters. The van der Waals surface area contributed by atoms with E-state index in [1.54, 1.807) is 0 Å². The molecule has 9 rings (SSSR count). The van der Waals surface area contributed by atoms with Crippen molar-refractivity contribution in [2.75, 3.05) is 0 Å². The lowest BCUT2D eigenvalue weighted by Crippen LogP contribution is -2.27. The van der Waals surface area contributed by atoms with Crippen LogP contribution in [-0.2, 0) is 11.8 Å². The van der Waals surface area contributed by atoms with E-state index in [0.717, 1.165) is 17.8 Å². The smallest absolute Gasteiger partial charge is 0.114 e. The van der Waals surface area contributed by atoms with Crippen LogP contribution in [0.2, 0.25) is 0 Å². The lowest BCUT2D eigenvalue weighted by atomic mass is 9.72. The highest BCUT2D eigenvalue weighted by Gasteiger charge is 2.37. The van der Waals surface area contributed by atoms with E-state index in [0.29, 0.717) is 0 Å². The molecule has 1 aliphatic heterocycles. The van der Waals surface area contributed by atoms with Gasteiger partial charge in [0.2, 0.25) is 0 Å². The molecule has 7 aromatic carbocycles. The summed E-state index contributed by atoms with van der Waals surface area (Å²) < 4.78 is 2.42. The number of aromatic nitrogens is 2. The number of imidazole rings is 1. The fourth-order valence-electron chi connectivity index (χ4n) is 8.09. The highest BCUT2D eigenvalue weighted by atomic mass is 15.1. The predicted octanol–water partition coefficient (Wildman–Crippen LogP) is 11.5. The molecule has 0 N–H and O–H groups in total. The highest BCUT2D eigenvalue weighted by molar-refractivity contribution is 6.22. The van der Waals surface area contributed by atoms with Gasteiger partial charge in [-0.2, -0.15) is 0 Å². The number of fused-ring (bicyclic) bond motifs is 4. The Kier molecular flexibility index (Phi) is 5.86. The normalized spacial score (nSPS) is 13.4. The van der Waals surface area contributed by atoms with Crippen LogP contribution in [0.15, 0.2) is 140 Å². The number of benzene rings is 7. The minimum atomic E-state index is -0.206. The van der Waals surface area contributed by atoms with Gasteiger partial charge in [0.15, 0.2) is 0 Å². The van der Waals surface area contributed by atoms with Gasteiger partial charge >= 0.3 is 0 Å². The Hall–Kier alpha value is -5.47. The molecule has 2 heterocycles. The van der Waals surface area contributed by atoms with E-state index in [2.05, 4.69) is 165 Å². The topological polar surface area (TPSA) is 17.8 Å². The molecule has 0 unspecified atom stereocenters. The van der Waals surface area contributed by atoms with Crippen LogP contribution in [0.3, 0.4) is 0 Å². The Balaban J connectivity index is 1.41. The minimum absolute atomic E-state index is 0.206. The number of para-hydroxylation sites is 1. The molecule has 0 saturated carbocycles. The van der Waals surface area contributed by atoms with Crippen molar-refractivity contribution in [2.24, 2.45) is 0 Å². The highest BCUT2D eigenvalue weighted by Crippen LogP contribution is 2.50. The van der Waals surface area contributed by atoms with E-state index >= 15 is 0 Å². The summed E-state index contributed by atoms with van der Waals surface area (Å²) in [5.74, 6) is 1.11. The van der Waals surface area contributed by atoms with Crippen molar-refractivity contribution >= 4 is 32.6 Å². The van der Waals surface area contributed by atoms with Gasteiger partial charge in [0.25, 0.3) is 0 Å². The molecule has 0 spiro atoms. The first-order valence-electron chi connectivity index (χ1n) is 16.3. The summed E-state index contributed by atoms with van der Waals surface area (Å²) in [6, 6.07) is 51.2. The summed E-state index contributed by atoms with van der Waals surface area (Å²) in [4.78, 5) is 5.15. The SMILES string of the molecule is CCc1nc2ccc(-c3ccc4c(-c5ccccc5)c5ccccc5c(-c5ccccc5)c4c3)c3c2n1-c1ccccc1C3(C)C. The van der Waals surface area contributed by atoms with E-state index in [-0.39, 0.29) is 5.41 Å². The van der Waals surface area contributed by atoms with Gasteiger partial charge < -0.3 is 0 Å². The maximum Gasteiger partial charge on any atom is 0.114 e. The maximum absolute atomic E-state index is 5.15. The molecule has 220 valence electrons. The van der Waals surface area contributed by atoms with Gasteiger partial charge in [-0.25, -0.2) is 4.98 Å². The number of aryl methyl sites for hydroxylation is 1. The van der Waals surface area contributed by atoms with Gasteiger partial charge in [0.05, 0.1) is 16.7 Å². The number of nitrogens with zero attached hydrogens (tertiary/aromatic N) is 2. The molecule has 0 bridgehead atoms. The maximum atomic E-state index is 5.15. The van der Waals surface area contributed by atoms with Crippen LogP contribution in [-0.4, -0.2) is 9.55 Å². The predicted molar refractivity (Wildman–Crippen MR) is 194 cm³/mol. The quantitative estimate of drug-likeness (QED) is 0.186. The summed E-state index contributed by atoms with van der Waals surface area (Å²) in [7, 11) is 0. The van der Waals surface area contributed by atoms with Gasteiger partial charge in [0, 0.05) is 11.8 Å². The van der Waals surface area contributed by atoms with Crippen molar-refractivity contribution in [3.8, 4) is 39.1 Å². The second kappa shape index (κ2) is 10.0. The van der Waals surface area contributed by atoms with Gasteiger partial charge in [-0.3, -0.25) is 4.57 Å². The van der Waals surface area contributed by atoms with E-state index in [9.17, 15) is 0 Å². The van der Waals surface area contributed by atoms with Gasteiger partial charge in [-0.15, -0.1) is 0 Å². The fraction of sp³-hybridized carbons (Fsp3) is 0.114. The zero-order valence-corrected chi connectivity index (χ0v) is 26.4. The lowest BCUT2D eigenvalue weighted by molar-refractivity contribution is 0.627. The second-order valence-electron chi connectivity index (χ2n) is 13.0. The molecule has 1 aromatic heterocycles. The van der Waals surface area contributed by atoms with Crippen molar-refractivity contribution in [3.63, 3.8) is 0 Å². The molecule has 2 nitrogen and oxygen atoms in total. The van der Waals surface area contributed by atoms with Crippen LogP contribution < -0.4 is 0 Å². The molecule has 0 amide bonds. The standard InChI is InChI=1S/C44H34N2/c1-4-39-45-37-26-25-31(42-43(37)46(39)38-22-14-13-21-36(38)44(42,2)3)30-23-24-34-35(27-30)41(29-17-9-6-10-18-29)33-20-12-11-19-32(33)40(34)28-15-7-5-8-16-28/h5-27H,4H2,1-3H3. The molecule has 2 heteroatoms. The lowest BCUT2D eigenvalue weighted by Gasteiger charge is -2.36. The van der Waals surface area contributed by atoms with E-state index in [4.69, 9.17) is 4.98 Å². The first-order chi connectivity index (χ1) is 22.6. The van der Waals surface area contributed by atoms with Crippen LogP contribution in [0.1, 0.15) is 37.7 Å². The molecule has 46 heavy (non-hydrogen) atoms. The van der Waals surface area contributed by atoms with Crippen LogP contribution in [0, 0.1) is 0 Å². The van der Waals surface area contributed by atoms with Crippen LogP contribution in [0.4, 0.5) is 0 Å². The Morgan fingerprint density at radius 3 is 1.83 bits per heavy atom. The fourth-order valence-corrected chi connectivity index (χ4v) is 8.09. The first-order valence-corrected chi connectivity index (χ1v) is 16.3. The zero-order chi connectivity index (χ0) is 31.0. The van der Waals surface area contributed by atoms with Gasteiger partial charge in [-0.1, -0.05) is 142 Å². The number of hydrogen-bond acceptors (Lipinski definition) is 1. The summed E-state index contributed by atoms with van der Waals surface area (Å²) in [6.07, 6.45) is 0.879. The Morgan fingerprint density at radius 1 is 0.565 bits per heavy atom. The molecular formula is C44H34N2. The van der Waals surface area contributed by atoms with Crippen molar-refractivity contribution in [2.45, 2.75) is 32.6 Å². The van der Waals surface area contributed by atoms with Gasteiger partial charge in [0.1, 0.15) is 5.82 Å². The Morgan fingerprint density at radius 2 is 1.15 bits per heavy atom. The molecule has 0 fully saturated rings. The zero-order valence-electron chi connectivity index (χ0n) is 26.4. The Labute approximate surface area is 269 Å². The minimum Gasteiger partial charge on any atom is -0.296 e. The van der Waals surface area contributed by atoms with Crippen LogP contribution in [0.25, 0.3) is 71.6 Å². The average Bonchev–Trinajstić information content (AvgIpc) is 3.49. The summed E-state index contributed by atoms with van der Waals surface area (Å²) in [5, 5.41) is 5.09. The molecule has 8 aromatic rings. The second-order valence-corrected chi connectivity index (χ2v) is 13.0. The van der Waals surface area contributed by atoms with Crippen LogP contribution in [0.5, 0.6) is 0 Å².